The Morgan fingerprint density at radius 3 is 2.91 bits per heavy atom. The zero-order valence-electron chi connectivity index (χ0n) is 5.86. The molecule has 0 atom stereocenters. The van der Waals surface area contributed by atoms with Gasteiger partial charge < -0.3 is 10.7 Å². The van der Waals surface area contributed by atoms with Crippen molar-refractivity contribution in [1.29, 1.82) is 0 Å². The van der Waals surface area contributed by atoms with Crippen molar-refractivity contribution in [2.24, 2.45) is 0 Å². The molecule has 0 aliphatic heterocycles. The first-order chi connectivity index (χ1) is 5.38. The predicted molar refractivity (Wildman–Crippen MR) is 42.3 cm³/mol. The van der Waals surface area contributed by atoms with Gasteiger partial charge >= 0.3 is 0 Å². The molecule has 2 aromatic rings. The van der Waals surface area contributed by atoms with Crippen LogP contribution >= 0.6 is 0 Å². The van der Waals surface area contributed by atoms with Gasteiger partial charge in [-0.15, -0.1) is 0 Å². The molecule has 0 aliphatic rings. The number of rotatable bonds is 1. The van der Waals surface area contributed by atoms with E-state index < -0.39 is 0 Å². The van der Waals surface area contributed by atoms with Gasteiger partial charge in [0.1, 0.15) is 5.82 Å². The first kappa shape index (κ1) is 6.03. The van der Waals surface area contributed by atoms with Gasteiger partial charge in [0.25, 0.3) is 0 Å². The van der Waals surface area contributed by atoms with Crippen molar-refractivity contribution in [2.45, 2.75) is 0 Å². The van der Waals surface area contributed by atoms with Crippen LogP contribution in [0.1, 0.15) is 0 Å². The lowest BCUT2D eigenvalue weighted by Crippen LogP contribution is -1.99. The summed E-state index contributed by atoms with van der Waals surface area (Å²) in [6.45, 7) is 0. The minimum atomic E-state index is 0.643. The van der Waals surface area contributed by atoms with Crippen LogP contribution in [0, 0.1) is 0 Å². The molecule has 4 nitrogen and oxygen atoms in total. The van der Waals surface area contributed by atoms with Crippen LogP contribution < -0.4 is 5.73 Å². The Morgan fingerprint density at radius 2 is 2.36 bits per heavy atom. The number of aromatic nitrogens is 3. The highest BCUT2D eigenvalue weighted by Crippen LogP contribution is 2.09. The zero-order chi connectivity index (χ0) is 7.68. The van der Waals surface area contributed by atoms with Crippen molar-refractivity contribution in [3.63, 3.8) is 0 Å². The molecule has 0 aromatic carbocycles. The van der Waals surface area contributed by atoms with Crippen LogP contribution in [0.2, 0.25) is 0 Å². The van der Waals surface area contributed by atoms with Gasteiger partial charge in [-0.1, -0.05) is 0 Å². The van der Waals surface area contributed by atoms with E-state index in [1.807, 2.05) is 18.5 Å². The van der Waals surface area contributed by atoms with E-state index in [-0.39, 0.29) is 0 Å². The van der Waals surface area contributed by atoms with Gasteiger partial charge in [0.15, 0.2) is 0 Å². The van der Waals surface area contributed by atoms with Crippen LogP contribution in [0.3, 0.4) is 0 Å². The molecular weight excluding hydrogens is 140 g/mol. The molecule has 2 aromatic heterocycles. The average molecular weight is 148 g/mol. The quantitative estimate of drug-likeness (QED) is 0.627. The molecule has 0 bridgehead atoms. The van der Waals surface area contributed by atoms with Crippen molar-refractivity contribution >= 4 is 5.82 Å². The minimum Gasteiger partial charge on any atom is -0.384 e. The fourth-order valence-electron chi connectivity index (χ4n) is 0.976. The lowest BCUT2D eigenvalue weighted by molar-refractivity contribution is 0.893. The van der Waals surface area contributed by atoms with E-state index in [9.17, 15) is 0 Å². The lowest BCUT2D eigenvalue weighted by atomic mass is 10.5. The molecule has 11 heavy (non-hydrogen) atoms. The van der Waals surface area contributed by atoms with Crippen molar-refractivity contribution in [3.05, 3.63) is 30.7 Å². The summed E-state index contributed by atoms with van der Waals surface area (Å²) >= 11 is 0. The molecule has 0 fully saturated rings. The van der Waals surface area contributed by atoms with E-state index in [2.05, 4.69) is 10.1 Å². The summed E-state index contributed by atoms with van der Waals surface area (Å²) in [5.74, 6) is 0.643. The molecule has 2 rings (SSSR count). The topological polar surface area (TPSA) is 59.6 Å². The van der Waals surface area contributed by atoms with Gasteiger partial charge in [0.2, 0.25) is 0 Å². The molecule has 3 N–H and O–H groups in total. The first-order valence-corrected chi connectivity index (χ1v) is 3.30. The summed E-state index contributed by atoms with van der Waals surface area (Å²) in [6, 6.07) is 3.66. The molecule has 56 valence electrons. The van der Waals surface area contributed by atoms with Gasteiger partial charge in [-0.05, 0) is 6.07 Å². The van der Waals surface area contributed by atoms with E-state index in [0.29, 0.717) is 5.82 Å². The molecule has 2 heterocycles. The molecule has 0 amide bonds. The van der Waals surface area contributed by atoms with Crippen LogP contribution in [-0.2, 0) is 0 Å². The van der Waals surface area contributed by atoms with Gasteiger partial charge in [-0.3, -0.25) is 0 Å². The van der Waals surface area contributed by atoms with Crippen molar-refractivity contribution in [3.8, 4) is 5.69 Å². The standard InChI is InChI=1S/C7H8N4/c8-7-2-4-10-11(7)6-1-3-9-5-6/h1-5,9H,8H2. The second-order valence-corrected chi connectivity index (χ2v) is 2.24. The zero-order valence-corrected chi connectivity index (χ0v) is 5.86. The second kappa shape index (κ2) is 2.16. The summed E-state index contributed by atoms with van der Waals surface area (Å²) in [4.78, 5) is 2.93. The van der Waals surface area contributed by atoms with Crippen molar-refractivity contribution < 1.29 is 0 Å². The van der Waals surface area contributed by atoms with E-state index in [1.165, 1.54) is 0 Å². The Labute approximate surface area is 63.6 Å². The maximum atomic E-state index is 5.62. The summed E-state index contributed by atoms with van der Waals surface area (Å²) < 4.78 is 1.66. The SMILES string of the molecule is Nc1ccnn1-c1cc[nH]c1. The molecule has 0 spiro atoms. The van der Waals surface area contributed by atoms with Crippen LogP contribution in [0.4, 0.5) is 5.82 Å². The molecular formula is C7H8N4. The molecule has 0 unspecified atom stereocenters. The summed E-state index contributed by atoms with van der Waals surface area (Å²) in [5, 5.41) is 4.03. The third kappa shape index (κ3) is 0.881. The van der Waals surface area contributed by atoms with Crippen molar-refractivity contribution in [1.82, 2.24) is 14.8 Å². The third-order valence-corrected chi connectivity index (χ3v) is 1.50. The number of anilines is 1. The Morgan fingerprint density at radius 1 is 1.45 bits per heavy atom. The molecule has 4 heteroatoms. The van der Waals surface area contributed by atoms with E-state index in [1.54, 1.807) is 16.9 Å². The Hall–Kier alpha value is -1.71. The van der Waals surface area contributed by atoms with Crippen molar-refractivity contribution in [2.75, 3.05) is 5.73 Å². The fourth-order valence-corrected chi connectivity index (χ4v) is 0.976. The van der Waals surface area contributed by atoms with Gasteiger partial charge in [0.05, 0.1) is 11.9 Å². The smallest absolute Gasteiger partial charge is 0.127 e. The van der Waals surface area contributed by atoms with Crippen LogP contribution in [0.15, 0.2) is 30.7 Å². The van der Waals surface area contributed by atoms with E-state index in [0.717, 1.165) is 5.69 Å². The highest BCUT2D eigenvalue weighted by atomic mass is 15.3. The van der Waals surface area contributed by atoms with Gasteiger partial charge in [0, 0.05) is 18.5 Å². The Kier molecular flexibility index (Phi) is 1.18. The number of nitrogens with zero attached hydrogens (tertiary/aromatic N) is 2. The highest BCUT2D eigenvalue weighted by Gasteiger charge is 1.99. The van der Waals surface area contributed by atoms with Crippen LogP contribution in [0.5, 0.6) is 0 Å². The Balaban J connectivity index is 2.53. The van der Waals surface area contributed by atoms with Crippen LogP contribution in [-0.4, -0.2) is 14.8 Å². The largest absolute Gasteiger partial charge is 0.384 e. The predicted octanol–water partition coefficient (Wildman–Crippen LogP) is 0.783. The highest BCUT2D eigenvalue weighted by molar-refractivity contribution is 5.39. The molecule has 0 saturated heterocycles. The first-order valence-electron chi connectivity index (χ1n) is 3.30. The van der Waals surface area contributed by atoms with Crippen LogP contribution in [0.25, 0.3) is 5.69 Å². The number of H-pyrrole nitrogens is 1. The second-order valence-electron chi connectivity index (χ2n) is 2.24. The number of nitrogen functional groups attached to an aromatic ring is 1. The number of nitrogens with two attached hydrogens (primary N) is 1. The summed E-state index contributed by atoms with van der Waals surface area (Å²) in [5.41, 5.74) is 6.57. The Bertz CT molecular complexity index is 333. The number of aromatic amines is 1. The molecule has 0 radical (unpaired) electrons. The fraction of sp³-hybridized carbons (Fsp3) is 0. The minimum absolute atomic E-state index is 0.643. The number of hydrogen-bond donors (Lipinski definition) is 2. The number of hydrogen-bond acceptors (Lipinski definition) is 2. The monoisotopic (exact) mass is 148 g/mol. The van der Waals surface area contributed by atoms with Gasteiger partial charge in [-0.2, -0.15) is 5.10 Å². The molecule has 0 saturated carbocycles. The van der Waals surface area contributed by atoms with E-state index >= 15 is 0 Å². The normalized spacial score (nSPS) is 10.2. The average Bonchev–Trinajstić information content (AvgIpc) is 2.55. The lowest BCUT2D eigenvalue weighted by Gasteiger charge is -1.97. The number of nitrogens with one attached hydrogen (secondary N) is 1. The molecule has 0 aliphatic carbocycles. The maximum Gasteiger partial charge on any atom is 0.127 e. The third-order valence-electron chi connectivity index (χ3n) is 1.50. The maximum absolute atomic E-state index is 5.62. The van der Waals surface area contributed by atoms with E-state index in [4.69, 9.17) is 5.73 Å². The summed E-state index contributed by atoms with van der Waals surface area (Å²) in [7, 11) is 0. The van der Waals surface area contributed by atoms with Gasteiger partial charge in [-0.25, -0.2) is 4.68 Å². The summed E-state index contributed by atoms with van der Waals surface area (Å²) in [6.07, 6.45) is 5.34.